The van der Waals surface area contributed by atoms with Gasteiger partial charge in [-0.1, -0.05) is 18.2 Å². The van der Waals surface area contributed by atoms with E-state index in [0.29, 0.717) is 0 Å². The Morgan fingerprint density at radius 1 is 0.762 bits per heavy atom. The Hall–Kier alpha value is -2.64. The van der Waals surface area contributed by atoms with Gasteiger partial charge in [-0.15, -0.1) is 10.2 Å². The number of carbonyl (C=O) groups excluding carboxylic acids is 1. The zero-order valence-corrected chi connectivity index (χ0v) is 10.1. The number of hydrogen-bond donors (Lipinski definition) is 0. The van der Waals surface area contributed by atoms with Gasteiger partial charge in [0.25, 0.3) is 5.91 Å². The lowest BCUT2D eigenvalue weighted by Gasteiger charge is -2.02. The number of hydrogen-bond acceptors (Lipinski definition) is 2. The lowest BCUT2D eigenvalue weighted by Crippen LogP contribution is -2.01. The minimum absolute atomic E-state index is 0.0464. The van der Waals surface area contributed by atoms with E-state index in [2.05, 4.69) is 10.2 Å². The SMILES string of the molecule is O=C(N=Nc1c(F)c(F)c(F)c(F)c1F)c1ccccc1. The van der Waals surface area contributed by atoms with Crippen LogP contribution in [0.25, 0.3) is 0 Å². The maximum absolute atomic E-state index is 13.3. The van der Waals surface area contributed by atoms with Crippen molar-refractivity contribution in [3.05, 3.63) is 65.0 Å². The van der Waals surface area contributed by atoms with E-state index in [-0.39, 0.29) is 5.56 Å². The van der Waals surface area contributed by atoms with Gasteiger partial charge in [-0.05, 0) is 12.1 Å². The summed E-state index contributed by atoms with van der Waals surface area (Å²) in [6, 6.07) is 7.31. The third-order valence-corrected chi connectivity index (χ3v) is 2.45. The largest absolute Gasteiger partial charge is 0.295 e. The van der Waals surface area contributed by atoms with Crippen LogP contribution < -0.4 is 0 Å². The van der Waals surface area contributed by atoms with Gasteiger partial charge in [0.1, 0.15) is 0 Å². The van der Waals surface area contributed by atoms with Gasteiger partial charge in [0.2, 0.25) is 5.82 Å². The zero-order valence-electron chi connectivity index (χ0n) is 10.1. The fourth-order valence-electron chi connectivity index (χ4n) is 1.41. The van der Waals surface area contributed by atoms with Gasteiger partial charge >= 0.3 is 0 Å². The number of halogens is 5. The molecule has 0 radical (unpaired) electrons. The van der Waals surface area contributed by atoms with E-state index >= 15 is 0 Å². The predicted molar refractivity (Wildman–Crippen MR) is 61.5 cm³/mol. The molecule has 21 heavy (non-hydrogen) atoms. The standard InChI is InChI=1S/C13H5F5N2O/c14-7-8(15)10(17)12(11(18)9(7)16)19-20-13(21)6-4-2-1-3-5-6/h1-5H. The molecule has 0 saturated carbocycles. The minimum Gasteiger partial charge on any atom is -0.265 e. The number of carbonyl (C=O) groups is 1. The van der Waals surface area contributed by atoms with Crippen LogP contribution in [0.1, 0.15) is 10.4 Å². The number of rotatable bonds is 2. The van der Waals surface area contributed by atoms with E-state index in [9.17, 15) is 26.7 Å². The second kappa shape index (κ2) is 5.78. The number of amides is 1. The molecule has 2 aromatic rings. The van der Waals surface area contributed by atoms with Crippen molar-refractivity contribution in [3.8, 4) is 0 Å². The van der Waals surface area contributed by atoms with Crippen molar-refractivity contribution in [1.82, 2.24) is 0 Å². The third kappa shape index (κ3) is 2.78. The first-order chi connectivity index (χ1) is 9.93. The maximum atomic E-state index is 13.3. The highest BCUT2D eigenvalue weighted by atomic mass is 19.2. The molecule has 0 unspecified atom stereocenters. The summed E-state index contributed by atoms with van der Waals surface area (Å²) in [5.41, 5.74) is -1.47. The molecule has 0 N–H and O–H groups in total. The molecule has 0 atom stereocenters. The molecular formula is C13H5F5N2O. The van der Waals surface area contributed by atoms with Crippen LogP contribution in [0.2, 0.25) is 0 Å². The van der Waals surface area contributed by atoms with Crippen molar-refractivity contribution >= 4 is 11.6 Å². The summed E-state index contributed by atoms with van der Waals surface area (Å²) >= 11 is 0. The first kappa shape index (κ1) is 14.8. The molecule has 0 aliphatic carbocycles. The minimum atomic E-state index is -2.31. The monoisotopic (exact) mass is 300 g/mol. The Labute approximate surface area is 114 Å². The van der Waals surface area contributed by atoms with Crippen LogP contribution in [0, 0.1) is 29.1 Å². The van der Waals surface area contributed by atoms with Crippen molar-refractivity contribution < 1.29 is 26.7 Å². The molecule has 0 bridgehead atoms. The molecule has 8 heteroatoms. The van der Waals surface area contributed by atoms with Crippen molar-refractivity contribution in [2.75, 3.05) is 0 Å². The normalized spacial score (nSPS) is 11.1. The fraction of sp³-hybridized carbons (Fsp3) is 0. The lowest BCUT2D eigenvalue weighted by atomic mass is 10.2. The zero-order chi connectivity index (χ0) is 15.6. The van der Waals surface area contributed by atoms with Gasteiger partial charge in [-0.3, -0.25) is 4.79 Å². The molecule has 0 aromatic heterocycles. The van der Waals surface area contributed by atoms with Crippen LogP contribution in [0.15, 0.2) is 40.6 Å². The van der Waals surface area contributed by atoms with Crippen LogP contribution >= 0.6 is 0 Å². The Balaban J connectivity index is 2.41. The highest BCUT2D eigenvalue weighted by Crippen LogP contribution is 2.29. The molecule has 0 saturated heterocycles. The number of nitrogens with zero attached hydrogens (tertiary/aromatic N) is 2. The Kier molecular flexibility index (Phi) is 4.06. The summed E-state index contributed by atoms with van der Waals surface area (Å²) in [6.45, 7) is 0. The average Bonchev–Trinajstić information content (AvgIpc) is 2.51. The molecule has 1 amide bonds. The molecule has 0 spiro atoms. The van der Waals surface area contributed by atoms with Crippen molar-refractivity contribution in [3.63, 3.8) is 0 Å². The molecule has 0 heterocycles. The number of azo groups is 1. The van der Waals surface area contributed by atoms with E-state index in [1.807, 2.05) is 0 Å². The second-order valence-electron chi connectivity index (χ2n) is 3.79. The van der Waals surface area contributed by atoms with Crippen LogP contribution in [0.5, 0.6) is 0 Å². The molecule has 2 rings (SSSR count). The van der Waals surface area contributed by atoms with Gasteiger partial charge in [-0.25, -0.2) is 22.0 Å². The molecule has 0 fully saturated rings. The van der Waals surface area contributed by atoms with E-state index in [1.54, 1.807) is 6.07 Å². The summed E-state index contributed by atoms with van der Waals surface area (Å²) in [7, 11) is 0. The Morgan fingerprint density at radius 3 is 1.76 bits per heavy atom. The molecular weight excluding hydrogens is 295 g/mol. The average molecular weight is 300 g/mol. The summed E-state index contributed by atoms with van der Waals surface area (Å²) in [5.74, 6) is -11.9. The first-order valence-corrected chi connectivity index (χ1v) is 5.46. The summed E-state index contributed by atoms with van der Waals surface area (Å²) < 4.78 is 65.1. The third-order valence-electron chi connectivity index (χ3n) is 2.45. The van der Waals surface area contributed by atoms with Crippen LogP contribution in [-0.2, 0) is 0 Å². The Morgan fingerprint density at radius 2 is 1.24 bits per heavy atom. The maximum Gasteiger partial charge on any atom is 0.295 e. The smallest absolute Gasteiger partial charge is 0.265 e. The van der Waals surface area contributed by atoms with Gasteiger partial charge in [0.15, 0.2) is 29.0 Å². The topological polar surface area (TPSA) is 41.8 Å². The van der Waals surface area contributed by atoms with Gasteiger partial charge in [0, 0.05) is 5.56 Å². The Bertz CT molecular complexity index is 702. The summed E-state index contributed by atoms with van der Waals surface area (Å²) in [6.07, 6.45) is 0. The molecule has 0 aliphatic heterocycles. The quantitative estimate of drug-likeness (QED) is 0.353. The van der Waals surface area contributed by atoms with Crippen LogP contribution in [-0.4, -0.2) is 5.91 Å². The van der Waals surface area contributed by atoms with Crippen LogP contribution in [0.3, 0.4) is 0 Å². The first-order valence-electron chi connectivity index (χ1n) is 5.46. The second-order valence-corrected chi connectivity index (χ2v) is 3.79. The van der Waals surface area contributed by atoms with E-state index in [4.69, 9.17) is 0 Å². The van der Waals surface area contributed by atoms with Gasteiger partial charge < -0.3 is 0 Å². The fourth-order valence-corrected chi connectivity index (χ4v) is 1.41. The van der Waals surface area contributed by atoms with Crippen LogP contribution in [0.4, 0.5) is 27.6 Å². The molecule has 0 aliphatic rings. The lowest BCUT2D eigenvalue weighted by molar-refractivity contribution is 0.0995. The number of benzene rings is 2. The summed E-state index contributed by atoms with van der Waals surface area (Å²) in [4.78, 5) is 11.5. The predicted octanol–water partition coefficient (Wildman–Crippen LogP) is 4.31. The highest BCUT2D eigenvalue weighted by Gasteiger charge is 2.26. The van der Waals surface area contributed by atoms with Gasteiger partial charge in [-0.2, -0.15) is 0 Å². The van der Waals surface area contributed by atoms with Crippen molar-refractivity contribution in [1.29, 1.82) is 0 Å². The molecule has 108 valence electrons. The molecule has 3 nitrogen and oxygen atoms in total. The van der Waals surface area contributed by atoms with Crippen molar-refractivity contribution in [2.45, 2.75) is 0 Å². The van der Waals surface area contributed by atoms with E-state index in [1.165, 1.54) is 24.3 Å². The van der Waals surface area contributed by atoms with E-state index < -0.39 is 40.7 Å². The van der Waals surface area contributed by atoms with Gasteiger partial charge in [0.05, 0.1) is 0 Å². The summed E-state index contributed by atoms with van der Waals surface area (Å²) in [5, 5.41) is 5.77. The highest BCUT2D eigenvalue weighted by molar-refractivity contribution is 5.94. The van der Waals surface area contributed by atoms with E-state index in [0.717, 1.165) is 0 Å². The molecule has 2 aromatic carbocycles. The van der Waals surface area contributed by atoms with Crippen molar-refractivity contribution in [2.24, 2.45) is 10.2 Å².